The predicted molar refractivity (Wildman–Crippen MR) is 109 cm³/mol. The van der Waals surface area contributed by atoms with E-state index in [0.717, 1.165) is 30.5 Å². The Hall–Kier alpha value is -2.72. The third kappa shape index (κ3) is 4.39. The number of aryl methyl sites for hydroxylation is 2. The third-order valence-electron chi connectivity index (χ3n) is 4.67. The largest absolute Gasteiger partial charge is 0.497 e. The van der Waals surface area contributed by atoms with Gasteiger partial charge in [-0.05, 0) is 37.3 Å². The van der Waals surface area contributed by atoms with Crippen LogP contribution >= 0.6 is 11.8 Å². The van der Waals surface area contributed by atoms with E-state index >= 15 is 0 Å². The maximum absolute atomic E-state index is 12.9. The molecule has 7 heteroatoms. The van der Waals surface area contributed by atoms with E-state index in [4.69, 9.17) is 9.47 Å². The highest BCUT2D eigenvalue weighted by molar-refractivity contribution is 8.00. The van der Waals surface area contributed by atoms with Crippen molar-refractivity contribution in [2.45, 2.75) is 42.9 Å². The van der Waals surface area contributed by atoms with Crippen LogP contribution in [0.2, 0.25) is 0 Å². The molecule has 146 valence electrons. The molecule has 1 N–H and O–H groups in total. The molecule has 0 spiro atoms. The van der Waals surface area contributed by atoms with Crippen LogP contribution in [0.25, 0.3) is 0 Å². The molecular weight excluding hydrogens is 374 g/mol. The lowest BCUT2D eigenvalue weighted by molar-refractivity contribution is -0.115. The summed E-state index contributed by atoms with van der Waals surface area (Å²) in [6.45, 7) is 1.95. The van der Waals surface area contributed by atoms with Crippen molar-refractivity contribution in [2.24, 2.45) is 0 Å². The first-order chi connectivity index (χ1) is 13.6. The Kier molecular flexibility index (Phi) is 6.42. The number of pyridine rings is 1. The Balaban J connectivity index is 1.79. The summed E-state index contributed by atoms with van der Waals surface area (Å²) in [5, 5.41) is 12.7. The van der Waals surface area contributed by atoms with Gasteiger partial charge in [-0.25, -0.2) is 4.98 Å². The lowest BCUT2D eigenvalue weighted by atomic mass is 10.2. The molecule has 0 radical (unpaired) electrons. The summed E-state index contributed by atoms with van der Waals surface area (Å²) in [5.74, 6) is 1.05. The lowest BCUT2D eigenvalue weighted by Crippen LogP contribution is -2.25. The molecule has 28 heavy (non-hydrogen) atoms. The van der Waals surface area contributed by atoms with Crippen LogP contribution < -0.4 is 14.8 Å². The van der Waals surface area contributed by atoms with Gasteiger partial charge in [0.25, 0.3) is 0 Å². The van der Waals surface area contributed by atoms with E-state index in [1.54, 1.807) is 32.4 Å². The van der Waals surface area contributed by atoms with E-state index < -0.39 is 0 Å². The molecule has 1 aliphatic carbocycles. The normalized spacial score (nSPS) is 13.4. The minimum Gasteiger partial charge on any atom is -0.497 e. The second-order valence-corrected chi connectivity index (χ2v) is 7.71. The van der Waals surface area contributed by atoms with E-state index in [2.05, 4.69) is 16.4 Å². The number of amides is 1. The number of rotatable bonds is 7. The molecule has 1 aromatic heterocycles. The highest BCUT2D eigenvalue weighted by Crippen LogP contribution is 2.32. The van der Waals surface area contributed by atoms with E-state index in [9.17, 15) is 10.1 Å². The molecule has 1 heterocycles. The van der Waals surface area contributed by atoms with E-state index in [1.165, 1.54) is 11.8 Å². The summed E-state index contributed by atoms with van der Waals surface area (Å²) >= 11 is 1.35. The number of aromatic nitrogens is 1. The number of fused-ring (bicyclic) bond motifs is 1. The minimum absolute atomic E-state index is 0.144. The summed E-state index contributed by atoms with van der Waals surface area (Å²) < 4.78 is 10.5. The summed E-state index contributed by atoms with van der Waals surface area (Å²) in [6.07, 6.45) is 3.58. The molecule has 1 aliphatic rings. The number of nitriles is 1. The number of anilines is 1. The molecule has 0 aliphatic heterocycles. The van der Waals surface area contributed by atoms with Crippen molar-refractivity contribution in [3.05, 3.63) is 41.1 Å². The molecule has 0 saturated heterocycles. The molecule has 1 aromatic carbocycles. The van der Waals surface area contributed by atoms with Gasteiger partial charge >= 0.3 is 0 Å². The van der Waals surface area contributed by atoms with Crippen LogP contribution in [-0.2, 0) is 17.6 Å². The summed E-state index contributed by atoms with van der Waals surface area (Å²) in [7, 11) is 3.13. The van der Waals surface area contributed by atoms with Gasteiger partial charge in [0.15, 0.2) is 0 Å². The monoisotopic (exact) mass is 397 g/mol. The van der Waals surface area contributed by atoms with Gasteiger partial charge < -0.3 is 14.8 Å². The molecule has 6 nitrogen and oxygen atoms in total. The maximum atomic E-state index is 12.9. The van der Waals surface area contributed by atoms with Crippen molar-refractivity contribution in [2.75, 3.05) is 19.5 Å². The SMILES string of the molecule is CCC(Sc1nc2c(cc1C#N)CCC2)C(=O)Nc1cc(OC)cc(OC)c1. The Bertz CT molecular complexity index is 902. The van der Waals surface area contributed by atoms with Crippen LogP contribution in [0.3, 0.4) is 0 Å². The van der Waals surface area contributed by atoms with Crippen molar-refractivity contribution >= 4 is 23.4 Å². The van der Waals surface area contributed by atoms with Gasteiger partial charge in [0.2, 0.25) is 5.91 Å². The second kappa shape index (κ2) is 8.98. The van der Waals surface area contributed by atoms with Gasteiger partial charge in [-0.15, -0.1) is 0 Å². The fraction of sp³-hybridized carbons (Fsp3) is 0.381. The van der Waals surface area contributed by atoms with Crippen LogP contribution in [0.4, 0.5) is 5.69 Å². The van der Waals surface area contributed by atoms with E-state index in [1.807, 2.05) is 13.0 Å². The smallest absolute Gasteiger partial charge is 0.237 e. The number of hydrogen-bond donors (Lipinski definition) is 1. The van der Waals surface area contributed by atoms with Crippen molar-refractivity contribution in [1.82, 2.24) is 4.98 Å². The number of thioether (sulfide) groups is 1. The third-order valence-corrected chi connectivity index (χ3v) is 6.04. The van der Waals surface area contributed by atoms with Gasteiger partial charge in [0.05, 0.1) is 25.0 Å². The number of benzene rings is 1. The van der Waals surface area contributed by atoms with Crippen LogP contribution in [-0.4, -0.2) is 30.4 Å². The quantitative estimate of drug-likeness (QED) is 0.712. The van der Waals surface area contributed by atoms with Crippen molar-refractivity contribution in [3.63, 3.8) is 0 Å². The van der Waals surface area contributed by atoms with Crippen molar-refractivity contribution in [1.29, 1.82) is 5.26 Å². The molecule has 0 fully saturated rings. The molecule has 1 atom stereocenters. The summed E-state index contributed by atoms with van der Waals surface area (Å²) in [5.41, 5.74) is 3.35. The fourth-order valence-corrected chi connectivity index (χ4v) is 4.18. The van der Waals surface area contributed by atoms with E-state index in [-0.39, 0.29) is 11.2 Å². The van der Waals surface area contributed by atoms with Crippen LogP contribution in [0.15, 0.2) is 29.3 Å². The standard InChI is InChI=1S/C21H23N3O3S/c1-4-19(20(25)23-15-9-16(26-2)11-17(10-15)27-3)28-21-14(12-22)8-13-6-5-7-18(13)24-21/h8-11,19H,4-7H2,1-3H3,(H,23,25). The summed E-state index contributed by atoms with van der Waals surface area (Å²) in [4.78, 5) is 17.5. The Morgan fingerprint density at radius 3 is 2.57 bits per heavy atom. The number of nitrogens with one attached hydrogen (secondary N) is 1. The highest BCUT2D eigenvalue weighted by Gasteiger charge is 2.23. The van der Waals surface area contributed by atoms with Crippen molar-refractivity contribution in [3.8, 4) is 17.6 Å². The average molecular weight is 398 g/mol. The van der Waals surface area contributed by atoms with Crippen LogP contribution in [0.1, 0.15) is 36.6 Å². The molecular formula is C21H23N3O3S. The number of hydrogen-bond acceptors (Lipinski definition) is 6. The zero-order valence-corrected chi connectivity index (χ0v) is 17.1. The fourth-order valence-electron chi connectivity index (χ4n) is 3.18. The number of nitrogens with zero attached hydrogens (tertiary/aromatic N) is 2. The highest BCUT2D eigenvalue weighted by atomic mass is 32.2. The molecule has 1 amide bonds. The first-order valence-electron chi connectivity index (χ1n) is 9.21. The second-order valence-electron chi connectivity index (χ2n) is 6.52. The van der Waals surface area contributed by atoms with Gasteiger partial charge in [0.1, 0.15) is 22.6 Å². The average Bonchev–Trinajstić information content (AvgIpc) is 3.17. The lowest BCUT2D eigenvalue weighted by Gasteiger charge is -2.16. The molecule has 0 saturated carbocycles. The maximum Gasteiger partial charge on any atom is 0.237 e. The minimum atomic E-state index is -0.365. The zero-order valence-electron chi connectivity index (χ0n) is 16.2. The Morgan fingerprint density at radius 1 is 1.25 bits per heavy atom. The Labute approximate surface area is 169 Å². The number of carbonyl (C=O) groups is 1. The molecule has 1 unspecified atom stereocenters. The van der Waals surface area contributed by atoms with Gasteiger partial charge in [-0.2, -0.15) is 5.26 Å². The first-order valence-corrected chi connectivity index (χ1v) is 10.1. The van der Waals surface area contributed by atoms with Gasteiger partial charge in [0, 0.05) is 29.6 Å². The molecule has 0 bridgehead atoms. The number of methoxy groups -OCH3 is 2. The van der Waals surface area contributed by atoms with Gasteiger partial charge in [-0.1, -0.05) is 18.7 Å². The topological polar surface area (TPSA) is 84.2 Å². The molecule has 2 aromatic rings. The Morgan fingerprint density at radius 2 is 1.96 bits per heavy atom. The van der Waals surface area contributed by atoms with Gasteiger partial charge in [-0.3, -0.25) is 4.79 Å². The number of carbonyl (C=O) groups excluding carboxylic acids is 1. The van der Waals surface area contributed by atoms with Crippen molar-refractivity contribution < 1.29 is 14.3 Å². The predicted octanol–water partition coefficient (Wildman–Crippen LogP) is 3.97. The van der Waals surface area contributed by atoms with Crippen LogP contribution in [0.5, 0.6) is 11.5 Å². The van der Waals surface area contributed by atoms with Crippen LogP contribution in [0, 0.1) is 11.3 Å². The first kappa shape index (κ1) is 20.0. The number of ether oxygens (including phenoxy) is 2. The summed E-state index contributed by atoms with van der Waals surface area (Å²) in [6, 6.07) is 9.38. The zero-order chi connectivity index (χ0) is 20.1. The molecule has 3 rings (SSSR count). The van der Waals surface area contributed by atoms with E-state index in [0.29, 0.717) is 34.2 Å².